The first-order valence-electron chi connectivity index (χ1n) is 8.46. The number of hydrogen-bond donors (Lipinski definition) is 0. The van der Waals surface area contributed by atoms with E-state index in [1.165, 1.54) is 10.6 Å². The maximum atomic E-state index is 13.9. The molecule has 28 heavy (non-hydrogen) atoms. The number of sulfonamides is 1. The Labute approximate surface area is 160 Å². The molecule has 0 spiro atoms. The Kier molecular flexibility index (Phi) is 4.77. The lowest BCUT2D eigenvalue weighted by Crippen LogP contribution is -2.49. The average molecular weight is 406 g/mol. The molecule has 0 radical (unpaired) electrons. The molecule has 3 heterocycles. The first-order valence-corrected chi connectivity index (χ1v) is 9.90. The van der Waals surface area contributed by atoms with Crippen molar-refractivity contribution in [2.45, 2.75) is 4.90 Å². The Morgan fingerprint density at radius 2 is 1.71 bits per heavy atom. The van der Waals surface area contributed by atoms with Crippen molar-refractivity contribution in [3.05, 3.63) is 60.9 Å². The third-order valence-corrected chi connectivity index (χ3v) is 6.41. The van der Waals surface area contributed by atoms with Gasteiger partial charge in [-0.1, -0.05) is 0 Å². The second kappa shape index (κ2) is 7.24. The lowest BCUT2D eigenvalue weighted by atomic mass is 10.3. The van der Waals surface area contributed by atoms with Crippen LogP contribution in [0, 0.1) is 11.6 Å². The van der Waals surface area contributed by atoms with E-state index in [0.29, 0.717) is 30.8 Å². The zero-order chi connectivity index (χ0) is 19.7. The van der Waals surface area contributed by atoms with Crippen LogP contribution in [0.4, 0.5) is 14.6 Å². The van der Waals surface area contributed by atoms with Gasteiger partial charge in [0.1, 0.15) is 40.8 Å². The van der Waals surface area contributed by atoms with E-state index in [0.717, 1.165) is 12.1 Å². The summed E-state index contributed by atoms with van der Waals surface area (Å²) in [7, 11) is -4.04. The molecule has 1 aliphatic heterocycles. The summed E-state index contributed by atoms with van der Waals surface area (Å²) < 4.78 is 55.3. The lowest BCUT2D eigenvalue weighted by Gasteiger charge is -2.34. The van der Waals surface area contributed by atoms with E-state index in [4.69, 9.17) is 0 Å². The molecule has 1 saturated heterocycles. The fraction of sp³-hybridized carbons (Fsp3) is 0.235. The van der Waals surface area contributed by atoms with Gasteiger partial charge in [0.05, 0.1) is 0 Å². The van der Waals surface area contributed by atoms with Crippen LogP contribution in [0.15, 0.2) is 54.2 Å². The highest BCUT2D eigenvalue weighted by Crippen LogP contribution is 2.23. The Hall–Kier alpha value is -2.92. The van der Waals surface area contributed by atoms with Crippen LogP contribution in [-0.4, -0.2) is 58.4 Å². The highest BCUT2D eigenvalue weighted by atomic mass is 32.2. The predicted octanol–water partition coefficient (Wildman–Crippen LogP) is 1.45. The molecule has 8 nitrogen and oxygen atoms in total. The molecular weight excluding hydrogens is 390 g/mol. The molecule has 0 aliphatic carbocycles. The van der Waals surface area contributed by atoms with Crippen molar-refractivity contribution in [1.29, 1.82) is 0 Å². The van der Waals surface area contributed by atoms with Crippen molar-refractivity contribution in [3.8, 4) is 5.82 Å². The number of nitrogens with zero attached hydrogens (tertiary/aromatic N) is 6. The van der Waals surface area contributed by atoms with Crippen LogP contribution in [0.25, 0.3) is 5.82 Å². The second-order valence-electron chi connectivity index (χ2n) is 6.17. The van der Waals surface area contributed by atoms with Crippen LogP contribution in [0.1, 0.15) is 0 Å². The van der Waals surface area contributed by atoms with Crippen LogP contribution in [-0.2, 0) is 10.0 Å². The molecule has 0 amide bonds. The third-order valence-electron chi connectivity index (χ3n) is 4.48. The summed E-state index contributed by atoms with van der Waals surface area (Å²) in [6.45, 7) is 1.07. The van der Waals surface area contributed by atoms with Crippen molar-refractivity contribution >= 4 is 15.8 Å². The topological polar surface area (TPSA) is 84.2 Å². The minimum atomic E-state index is -4.04. The van der Waals surface area contributed by atoms with E-state index in [2.05, 4.69) is 15.0 Å². The van der Waals surface area contributed by atoms with Gasteiger partial charge in [0.15, 0.2) is 0 Å². The molecule has 11 heteroatoms. The van der Waals surface area contributed by atoms with Crippen LogP contribution in [0.5, 0.6) is 0 Å². The average Bonchev–Trinajstić information content (AvgIpc) is 3.23. The van der Waals surface area contributed by atoms with Gasteiger partial charge in [-0.05, 0) is 12.1 Å². The SMILES string of the molecule is O=S(=O)(c1ccc(F)cc1F)N1CCN(c2cc(-n3ccnc3)ncn2)CC1. The summed E-state index contributed by atoms with van der Waals surface area (Å²) in [5.41, 5.74) is 0. The molecule has 0 bridgehead atoms. The van der Waals surface area contributed by atoms with Crippen molar-refractivity contribution < 1.29 is 17.2 Å². The Morgan fingerprint density at radius 1 is 0.964 bits per heavy atom. The molecule has 2 aromatic heterocycles. The standard InChI is InChI=1S/C17H16F2N6O2S/c18-13-1-2-15(14(19)9-13)28(26,27)25-7-5-23(6-8-25)16-10-17(22-11-21-16)24-4-3-20-12-24/h1-4,9-12H,5-8H2. The van der Waals surface area contributed by atoms with E-state index in [9.17, 15) is 17.2 Å². The van der Waals surface area contributed by atoms with Gasteiger partial charge in [-0.2, -0.15) is 4.31 Å². The van der Waals surface area contributed by atoms with E-state index in [1.54, 1.807) is 29.4 Å². The normalized spacial score (nSPS) is 15.7. The van der Waals surface area contributed by atoms with E-state index < -0.39 is 26.6 Å². The minimum Gasteiger partial charge on any atom is -0.354 e. The molecule has 1 fully saturated rings. The number of hydrogen-bond acceptors (Lipinski definition) is 6. The monoisotopic (exact) mass is 406 g/mol. The minimum absolute atomic E-state index is 0.156. The molecular formula is C17H16F2N6O2S. The number of aromatic nitrogens is 4. The van der Waals surface area contributed by atoms with Gasteiger partial charge in [0, 0.05) is 50.7 Å². The largest absolute Gasteiger partial charge is 0.354 e. The van der Waals surface area contributed by atoms with Gasteiger partial charge in [-0.3, -0.25) is 4.57 Å². The summed E-state index contributed by atoms with van der Waals surface area (Å²) in [4.78, 5) is 13.8. The van der Waals surface area contributed by atoms with Crippen LogP contribution in [0.3, 0.4) is 0 Å². The van der Waals surface area contributed by atoms with Gasteiger partial charge < -0.3 is 4.90 Å². The fourth-order valence-electron chi connectivity index (χ4n) is 3.03. The second-order valence-corrected chi connectivity index (χ2v) is 8.08. The Morgan fingerprint density at radius 3 is 2.39 bits per heavy atom. The van der Waals surface area contributed by atoms with Crippen LogP contribution < -0.4 is 4.90 Å². The Bertz CT molecular complexity index is 1080. The maximum Gasteiger partial charge on any atom is 0.246 e. The first kappa shape index (κ1) is 18.4. The van der Waals surface area contributed by atoms with E-state index >= 15 is 0 Å². The van der Waals surface area contributed by atoms with Gasteiger partial charge in [0.2, 0.25) is 10.0 Å². The smallest absolute Gasteiger partial charge is 0.246 e. The molecule has 146 valence electrons. The van der Waals surface area contributed by atoms with Gasteiger partial charge in [0.25, 0.3) is 0 Å². The van der Waals surface area contributed by atoms with E-state index in [1.807, 2.05) is 4.90 Å². The van der Waals surface area contributed by atoms with Gasteiger partial charge in [-0.25, -0.2) is 32.2 Å². The molecule has 0 unspecified atom stereocenters. The van der Waals surface area contributed by atoms with Crippen molar-refractivity contribution in [1.82, 2.24) is 23.8 Å². The molecule has 1 aromatic carbocycles. The first-order chi connectivity index (χ1) is 13.4. The number of anilines is 1. The number of piperazine rings is 1. The van der Waals surface area contributed by atoms with Crippen molar-refractivity contribution in [3.63, 3.8) is 0 Å². The van der Waals surface area contributed by atoms with Crippen molar-refractivity contribution in [2.24, 2.45) is 0 Å². The van der Waals surface area contributed by atoms with Crippen LogP contribution >= 0.6 is 0 Å². The number of imidazole rings is 1. The number of benzene rings is 1. The van der Waals surface area contributed by atoms with Gasteiger partial charge >= 0.3 is 0 Å². The highest BCUT2D eigenvalue weighted by molar-refractivity contribution is 7.89. The van der Waals surface area contributed by atoms with E-state index in [-0.39, 0.29) is 13.1 Å². The zero-order valence-corrected chi connectivity index (χ0v) is 15.4. The van der Waals surface area contributed by atoms with Crippen LogP contribution in [0.2, 0.25) is 0 Å². The summed E-state index contributed by atoms with van der Waals surface area (Å²) in [6, 6.07) is 4.24. The quantitative estimate of drug-likeness (QED) is 0.652. The molecule has 4 rings (SSSR count). The lowest BCUT2D eigenvalue weighted by molar-refractivity contribution is 0.381. The molecule has 0 atom stereocenters. The molecule has 3 aromatic rings. The summed E-state index contributed by atoms with van der Waals surface area (Å²) >= 11 is 0. The molecule has 1 aliphatic rings. The molecule has 0 N–H and O–H groups in total. The third kappa shape index (κ3) is 3.45. The molecule has 0 saturated carbocycles. The summed E-state index contributed by atoms with van der Waals surface area (Å²) in [5, 5.41) is 0. The summed E-state index contributed by atoms with van der Waals surface area (Å²) in [6.07, 6.45) is 6.45. The van der Waals surface area contributed by atoms with Crippen molar-refractivity contribution in [2.75, 3.05) is 31.1 Å². The van der Waals surface area contributed by atoms with Gasteiger partial charge in [-0.15, -0.1) is 0 Å². The zero-order valence-electron chi connectivity index (χ0n) is 14.6. The Balaban J connectivity index is 1.50. The number of halogens is 2. The summed E-state index contributed by atoms with van der Waals surface area (Å²) in [5.74, 6) is -0.614. The number of rotatable bonds is 4. The fourth-order valence-corrected chi connectivity index (χ4v) is 4.49. The predicted molar refractivity (Wildman–Crippen MR) is 96.5 cm³/mol. The highest BCUT2D eigenvalue weighted by Gasteiger charge is 2.31. The maximum absolute atomic E-state index is 13.9.